The summed E-state index contributed by atoms with van der Waals surface area (Å²) in [6.45, 7) is 0.504. The van der Waals surface area contributed by atoms with Gasteiger partial charge in [0.2, 0.25) is 0 Å². The van der Waals surface area contributed by atoms with Gasteiger partial charge in [0, 0.05) is 29.5 Å². The topological polar surface area (TPSA) is 24.9 Å². The van der Waals surface area contributed by atoms with E-state index in [-0.39, 0.29) is 0 Å². The summed E-state index contributed by atoms with van der Waals surface area (Å²) >= 11 is 18.1. The van der Waals surface area contributed by atoms with Crippen molar-refractivity contribution in [1.82, 2.24) is 4.98 Å². The molecule has 0 saturated carbocycles. The normalized spacial score (nSPS) is 10.3. The Hall–Kier alpha value is -0.960. The van der Waals surface area contributed by atoms with E-state index in [0.717, 1.165) is 11.3 Å². The van der Waals surface area contributed by atoms with Gasteiger partial charge in [-0.3, -0.25) is 4.98 Å². The minimum atomic E-state index is 0.482. The molecule has 0 saturated heterocycles. The summed E-state index contributed by atoms with van der Waals surface area (Å²) in [7, 11) is 0. The van der Waals surface area contributed by atoms with Crippen molar-refractivity contribution in [3.8, 4) is 0 Å². The molecule has 88 valence electrons. The van der Waals surface area contributed by atoms with Crippen LogP contribution in [0, 0.1) is 0 Å². The summed E-state index contributed by atoms with van der Waals surface area (Å²) in [6, 6.07) is 7.18. The highest BCUT2D eigenvalue weighted by Gasteiger charge is 2.09. The van der Waals surface area contributed by atoms with E-state index in [9.17, 15) is 0 Å². The molecule has 0 amide bonds. The predicted molar refractivity (Wildman–Crippen MR) is 73.0 cm³/mol. The molecular formula is C12H9Cl3N2. The third-order valence-electron chi connectivity index (χ3n) is 2.27. The Kier molecular flexibility index (Phi) is 4.11. The summed E-state index contributed by atoms with van der Waals surface area (Å²) in [4.78, 5) is 4.00. The van der Waals surface area contributed by atoms with Gasteiger partial charge in [0.05, 0.1) is 15.7 Å². The second-order valence-corrected chi connectivity index (χ2v) is 4.61. The van der Waals surface area contributed by atoms with E-state index < -0.39 is 0 Å². The van der Waals surface area contributed by atoms with Crippen molar-refractivity contribution in [2.75, 3.05) is 5.32 Å². The summed E-state index contributed by atoms with van der Waals surface area (Å²) in [5.74, 6) is 0. The van der Waals surface area contributed by atoms with E-state index in [2.05, 4.69) is 10.3 Å². The molecule has 5 heteroatoms. The summed E-state index contributed by atoms with van der Waals surface area (Å²) < 4.78 is 0. The number of benzene rings is 1. The third kappa shape index (κ3) is 3.03. The number of hydrogen-bond donors (Lipinski definition) is 1. The number of pyridine rings is 1. The van der Waals surface area contributed by atoms with Crippen LogP contribution in [0.15, 0.2) is 36.7 Å². The van der Waals surface area contributed by atoms with E-state index >= 15 is 0 Å². The number of aromatic nitrogens is 1. The minimum Gasteiger partial charge on any atom is -0.380 e. The zero-order valence-corrected chi connectivity index (χ0v) is 11.0. The highest BCUT2D eigenvalue weighted by atomic mass is 35.5. The highest BCUT2D eigenvalue weighted by molar-refractivity contribution is 6.44. The standard InChI is InChI=1S/C12H9Cl3N2/c13-10-3-4-11(14)12(15)9(10)7-17-8-2-1-5-16-6-8/h1-6,17H,7H2. The average molecular weight is 288 g/mol. The maximum Gasteiger partial charge on any atom is 0.0657 e. The molecule has 0 unspecified atom stereocenters. The number of hydrogen-bond acceptors (Lipinski definition) is 2. The quantitative estimate of drug-likeness (QED) is 0.831. The van der Waals surface area contributed by atoms with Crippen LogP contribution in [0.3, 0.4) is 0 Å². The van der Waals surface area contributed by atoms with Crippen molar-refractivity contribution < 1.29 is 0 Å². The molecule has 2 aromatic rings. The van der Waals surface area contributed by atoms with Crippen molar-refractivity contribution in [3.63, 3.8) is 0 Å². The highest BCUT2D eigenvalue weighted by Crippen LogP contribution is 2.31. The van der Waals surface area contributed by atoms with Gasteiger partial charge < -0.3 is 5.32 Å². The van der Waals surface area contributed by atoms with Gasteiger partial charge in [0.1, 0.15) is 0 Å². The molecule has 2 rings (SSSR count). The van der Waals surface area contributed by atoms with Crippen LogP contribution in [-0.4, -0.2) is 4.98 Å². The molecule has 0 fully saturated rings. The first kappa shape index (κ1) is 12.5. The summed E-state index contributed by atoms with van der Waals surface area (Å²) in [5.41, 5.74) is 1.68. The smallest absolute Gasteiger partial charge is 0.0657 e. The van der Waals surface area contributed by atoms with Crippen LogP contribution >= 0.6 is 34.8 Å². The van der Waals surface area contributed by atoms with Crippen LogP contribution in [0.5, 0.6) is 0 Å². The van der Waals surface area contributed by atoms with Crippen LogP contribution in [0.1, 0.15) is 5.56 Å². The first-order valence-electron chi connectivity index (χ1n) is 4.95. The molecule has 0 aliphatic rings. The zero-order valence-electron chi connectivity index (χ0n) is 8.75. The monoisotopic (exact) mass is 286 g/mol. The zero-order chi connectivity index (χ0) is 12.3. The average Bonchev–Trinajstić information content (AvgIpc) is 2.35. The van der Waals surface area contributed by atoms with Crippen molar-refractivity contribution in [3.05, 3.63) is 57.3 Å². The molecule has 0 bridgehead atoms. The molecule has 0 aliphatic heterocycles. The van der Waals surface area contributed by atoms with Crippen LogP contribution in [0.25, 0.3) is 0 Å². The Morgan fingerprint density at radius 3 is 2.53 bits per heavy atom. The van der Waals surface area contributed by atoms with Crippen LogP contribution < -0.4 is 5.32 Å². The lowest BCUT2D eigenvalue weighted by Gasteiger charge is -2.10. The fourth-order valence-corrected chi connectivity index (χ4v) is 2.07. The molecule has 17 heavy (non-hydrogen) atoms. The molecule has 0 aliphatic carbocycles. The summed E-state index contributed by atoms with van der Waals surface area (Å²) in [5, 5.41) is 4.75. The maximum atomic E-state index is 6.09. The Labute approximate surface area is 115 Å². The van der Waals surface area contributed by atoms with Gasteiger partial charge >= 0.3 is 0 Å². The van der Waals surface area contributed by atoms with Gasteiger partial charge in [0.25, 0.3) is 0 Å². The molecule has 0 spiro atoms. The molecule has 1 heterocycles. The van der Waals surface area contributed by atoms with Crippen molar-refractivity contribution in [2.45, 2.75) is 6.54 Å². The molecule has 2 nitrogen and oxygen atoms in total. The summed E-state index contributed by atoms with van der Waals surface area (Å²) in [6.07, 6.45) is 3.44. The fourth-order valence-electron chi connectivity index (χ4n) is 1.39. The SMILES string of the molecule is Clc1ccc(Cl)c(CNc2cccnc2)c1Cl. The lowest BCUT2D eigenvalue weighted by atomic mass is 10.2. The van der Waals surface area contributed by atoms with Crippen molar-refractivity contribution in [2.24, 2.45) is 0 Å². The largest absolute Gasteiger partial charge is 0.380 e. The number of nitrogens with zero attached hydrogens (tertiary/aromatic N) is 1. The lowest BCUT2D eigenvalue weighted by molar-refractivity contribution is 1.14. The Morgan fingerprint density at radius 2 is 1.82 bits per heavy atom. The van der Waals surface area contributed by atoms with Gasteiger partial charge in [-0.1, -0.05) is 34.8 Å². The third-order valence-corrected chi connectivity index (χ3v) is 3.47. The number of halogens is 3. The van der Waals surface area contributed by atoms with Crippen molar-refractivity contribution >= 4 is 40.5 Å². The molecule has 0 atom stereocenters. The molecular weight excluding hydrogens is 279 g/mol. The minimum absolute atomic E-state index is 0.482. The Balaban J connectivity index is 2.17. The molecule has 1 aromatic carbocycles. The van der Waals surface area contributed by atoms with E-state index in [1.807, 2.05) is 12.1 Å². The molecule has 1 N–H and O–H groups in total. The second-order valence-electron chi connectivity index (χ2n) is 3.42. The Bertz CT molecular complexity index is 515. The maximum absolute atomic E-state index is 6.09. The van der Waals surface area contributed by atoms with Crippen LogP contribution in [0.2, 0.25) is 15.1 Å². The van der Waals surface area contributed by atoms with E-state index in [1.165, 1.54) is 0 Å². The van der Waals surface area contributed by atoms with Gasteiger partial charge in [-0.2, -0.15) is 0 Å². The van der Waals surface area contributed by atoms with Gasteiger partial charge in [0.15, 0.2) is 0 Å². The molecule has 1 aromatic heterocycles. The fraction of sp³-hybridized carbons (Fsp3) is 0.0833. The predicted octanol–water partition coefficient (Wildman–Crippen LogP) is 4.65. The first-order valence-corrected chi connectivity index (χ1v) is 6.08. The first-order chi connectivity index (χ1) is 8.18. The van der Waals surface area contributed by atoms with E-state index in [0.29, 0.717) is 21.6 Å². The molecule has 0 radical (unpaired) electrons. The Morgan fingerprint density at radius 1 is 1.06 bits per heavy atom. The van der Waals surface area contributed by atoms with Crippen LogP contribution in [-0.2, 0) is 6.54 Å². The van der Waals surface area contributed by atoms with Crippen LogP contribution in [0.4, 0.5) is 5.69 Å². The van der Waals surface area contributed by atoms with Gasteiger partial charge in [-0.15, -0.1) is 0 Å². The number of nitrogens with one attached hydrogen (secondary N) is 1. The van der Waals surface area contributed by atoms with Crippen molar-refractivity contribution in [1.29, 1.82) is 0 Å². The number of anilines is 1. The number of rotatable bonds is 3. The van der Waals surface area contributed by atoms with E-state index in [1.54, 1.807) is 24.5 Å². The van der Waals surface area contributed by atoms with E-state index in [4.69, 9.17) is 34.8 Å². The van der Waals surface area contributed by atoms with Gasteiger partial charge in [-0.25, -0.2) is 0 Å². The second kappa shape index (κ2) is 5.58. The lowest BCUT2D eigenvalue weighted by Crippen LogP contribution is -2.01. The van der Waals surface area contributed by atoms with Gasteiger partial charge in [-0.05, 0) is 24.3 Å².